The lowest BCUT2D eigenvalue weighted by atomic mass is 10.1. The molecule has 4 rings (SSSR count). The summed E-state index contributed by atoms with van der Waals surface area (Å²) in [6.07, 6.45) is 2.01. The minimum atomic E-state index is -3.77. The number of anilines is 1. The monoisotopic (exact) mass is 368 g/mol. The Kier molecular flexibility index (Phi) is 4.07. The summed E-state index contributed by atoms with van der Waals surface area (Å²) in [5.41, 5.74) is 2.77. The molecule has 2 aromatic carbocycles. The predicted octanol–water partition coefficient (Wildman–Crippen LogP) is 4.37. The number of nitrogens with one attached hydrogen (secondary N) is 1. The van der Waals surface area contributed by atoms with Gasteiger partial charge in [0.25, 0.3) is 0 Å². The lowest BCUT2D eigenvalue weighted by Crippen LogP contribution is -2.08. The fraction of sp³-hybridized carbons (Fsp3) is 0.250. The van der Waals surface area contributed by atoms with Crippen molar-refractivity contribution in [3.8, 4) is 11.5 Å². The summed E-state index contributed by atoms with van der Waals surface area (Å²) in [5.74, 6) is 0.545. The van der Waals surface area contributed by atoms with Gasteiger partial charge in [-0.25, -0.2) is 8.42 Å². The molecule has 3 aromatic rings. The first kappa shape index (κ1) is 16.8. The molecule has 134 valence electrons. The molecule has 0 radical (unpaired) electrons. The second-order valence-corrected chi connectivity index (χ2v) is 8.57. The molecule has 0 saturated heterocycles. The smallest absolute Gasteiger partial charge is 0.234 e. The van der Waals surface area contributed by atoms with E-state index in [0.29, 0.717) is 5.89 Å². The first-order valence-electron chi connectivity index (χ1n) is 8.60. The molecule has 1 heterocycles. The van der Waals surface area contributed by atoms with Crippen molar-refractivity contribution in [2.24, 2.45) is 0 Å². The number of sulfone groups is 1. The third-order valence-corrected chi connectivity index (χ3v) is 6.15. The standard InChI is InChI=1S/C20H20N2O3S/c1-13-7-11-16(12-8-13)26(23,24)20-19(21-15-9-10-15)25-18(22-20)17-6-4-3-5-14(17)2/h3-8,11-12,15,21H,9-10H2,1-2H3. The minimum absolute atomic E-state index is 0.0495. The van der Waals surface area contributed by atoms with Crippen molar-refractivity contribution in [2.75, 3.05) is 5.32 Å². The Labute approximate surface area is 153 Å². The van der Waals surface area contributed by atoms with Crippen LogP contribution in [0.15, 0.2) is 62.9 Å². The molecular formula is C20H20N2O3S. The molecule has 6 heteroatoms. The lowest BCUT2D eigenvalue weighted by Gasteiger charge is -2.05. The van der Waals surface area contributed by atoms with Gasteiger partial charge in [0.2, 0.25) is 26.6 Å². The Morgan fingerprint density at radius 2 is 1.73 bits per heavy atom. The number of hydrogen-bond acceptors (Lipinski definition) is 5. The van der Waals surface area contributed by atoms with Gasteiger partial charge in [-0.2, -0.15) is 4.98 Å². The van der Waals surface area contributed by atoms with Gasteiger partial charge in [-0.1, -0.05) is 35.9 Å². The first-order chi connectivity index (χ1) is 12.4. The number of benzene rings is 2. The van der Waals surface area contributed by atoms with E-state index in [0.717, 1.165) is 29.5 Å². The Bertz CT molecular complexity index is 1050. The maximum Gasteiger partial charge on any atom is 0.234 e. The number of rotatable bonds is 5. The van der Waals surface area contributed by atoms with Gasteiger partial charge in [0.15, 0.2) is 0 Å². The number of aromatic nitrogens is 1. The number of nitrogens with zero attached hydrogens (tertiary/aromatic N) is 1. The van der Waals surface area contributed by atoms with Crippen LogP contribution in [0.2, 0.25) is 0 Å². The quantitative estimate of drug-likeness (QED) is 0.724. The van der Waals surface area contributed by atoms with E-state index < -0.39 is 9.84 Å². The fourth-order valence-electron chi connectivity index (χ4n) is 2.75. The molecule has 0 bridgehead atoms. The Balaban J connectivity index is 1.83. The first-order valence-corrected chi connectivity index (χ1v) is 10.1. The zero-order valence-corrected chi connectivity index (χ0v) is 15.5. The summed E-state index contributed by atoms with van der Waals surface area (Å²) in [4.78, 5) is 4.59. The van der Waals surface area contributed by atoms with Crippen LogP contribution in [0, 0.1) is 13.8 Å². The van der Waals surface area contributed by atoms with E-state index in [1.165, 1.54) is 0 Å². The molecule has 5 nitrogen and oxygen atoms in total. The van der Waals surface area contributed by atoms with E-state index in [2.05, 4.69) is 10.3 Å². The van der Waals surface area contributed by atoms with Crippen LogP contribution < -0.4 is 5.32 Å². The molecular weight excluding hydrogens is 348 g/mol. The van der Waals surface area contributed by atoms with Gasteiger partial charge >= 0.3 is 0 Å². The zero-order chi connectivity index (χ0) is 18.3. The highest BCUT2D eigenvalue weighted by atomic mass is 32.2. The van der Waals surface area contributed by atoms with Gasteiger partial charge in [0, 0.05) is 11.6 Å². The summed E-state index contributed by atoms with van der Waals surface area (Å²) < 4.78 is 32.1. The number of oxazole rings is 1. The van der Waals surface area contributed by atoms with Crippen molar-refractivity contribution < 1.29 is 12.8 Å². The van der Waals surface area contributed by atoms with Crippen LogP contribution in [-0.2, 0) is 9.84 Å². The van der Waals surface area contributed by atoms with Crippen molar-refractivity contribution in [1.82, 2.24) is 4.98 Å². The van der Waals surface area contributed by atoms with Crippen molar-refractivity contribution >= 4 is 15.7 Å². The highest BCUT2D eigenvalue weighted by Gasteiger charge is 2.32. The molecule has 1 aliphatic rings. The van der Waals surface area contributed by atoms with E-state index >= 15 is 0 Å². The van der Waals surface area contributed by atoms with Gasteiger partial charge in [-0.05, 0) is 50.5 Å². The van der Waals surface area contributed by atoms with Gasteiger partial charge < -0.3 is 9.73 Å². The van der Waals surface area contributed by atoms with Gasteiger partial charge in [-0.15, -0.1) is 0 Å². The summed E-state index contributed by atoms with van der Waals surface area (Å²) >= 11 is 0. The van der Waals surface area contributed by atoms with Crippen LogP contribution in [0.1, 0.15) is 24.0 Å². The van der Waals surface area contributed by atoms with Gasteiger partial charge in [0.1, 0.15) is 0 Å². The average Bonchev–Trinajstić information content (AvgIpc) is 3.32. The third-order valence-electron chi connectivity index (χ3n) is 4.47. The summed E-state index contributed by atoms with van der Waals surface area (Å²) in [5, 5.41) is 3.12. The molecule has 0 atom stereocenters. The highest BCUT2D eigenvalue weighted by Crippen LogP contribution is 2.36. The molecule has 26 heavy (non-hydrogen) atoms. The van der Waals surface area contributed by atoms with E-state index in [-0.39, 0.29) is 21.8 Å². The van der Waals surface area contributed by atoms with Crippen LogP contribution >= 0.6 is 0 Å². The van der Waals surface area contributed by atoms with Crippen molar-refractivity contribution in [3.05, 3.63) is 59.7 Å². The second kappa shape index (κ2) is 6.29. The molecule has 0 amide bonds. The van der Waals surface area contributed by atoms with E-state index in [1.807, 2.05) is 38.1 Å². The summed E-state index contributed by atoms with van der Waals surface area (Å²) in [6.45, 7) is 3.87. The number of hydrogen-bond donors (Lipinski definition) is 1. The molecule has 0 unspecified atom stereocenters. The molecule has 1 aromatic heterocycles. The Morgan fingerprint density at radius 3 is 2.38 bits per heavy atom. The van der Waals surface area contributed by atoms with E-state index in [4.69, 9.17) is 4.42 Å². The molecule has 1 aliphatic carbocycles. The van der Waals surface area contributed by atoms with Crippen LogP contribution in [0.4, 0.5) is 5.88 Å². The lowest BCUT2D eigenvalue weighted by molar-refractivity contribution is 0.576. The van der Waals surface area contributed by atoms with Crippen molar-refractivity contribution in [3.63, 3.8) is 0 Å². The maximum absolute atomic E-state index is 13.1. The summed E-state index contributed by atoms with van der Waals surface area (Å²) in [7, 11) is -3.77. The zero-order valence-electron chi connectivity index (χ0n) is 14.7. The second-order valence-electron chi connectivity index (χ2n) is 6.70. The average molecular weight is 368 g/mol. The normalized spacial score (nSPS) is 14.4. The van der Waals surface area contributed by atoms with Crippen LogP contribution in [0.3, 0.4) is 0 Å². The SMILES string of the molecule is Cc1ccc(S(=O)(=O)c2nc(-c3ccccc3C)oc2NC2CC2)cc1. The molecule has 1 N–H and O–H groups in total. The van der Waals surface area contributed by atoms with E-state index in [9.17, 15) is 8.42 Å². The minimum Gasteiger partial charge on any atom is -0.419 e. The fourth-order valence-corrected chi connectivity index (χ4v) is 4.02. The third kappa shape index (κ3) is 3.12. The van der Waals surface area contributed by atoms with Crippen LogP contribution in [0.5, 0.6) is 0 Å². The Morgan fingerprint density at radius 1 is 1.04 bits per heavy atom. The molecule has 1 saturated carbocycles. The largest absolute Gasteiger partial charge is 0.419 e. The number of aryl methyl sites for hydroxylation is 2. The molecule has 0 spiro atoms. The van der Waals surface area contributed by atoms with Crippen LogP contribution in [-0.4, -0.2) is 19.4 Å². The maximum atomic E-state index is 13.1. The topological polar surface area (TPSA) is 72.2 Å². The molecule has 1 fully saturated rings. The van der Waals surface area contributed by atoms with Crippen LogP contribution in [0.25, 0.3) is 11.5 Å². The Hall–Kier alpha value is -2.60. The predicted molar refractivity (Wildman–Crippen MR) is 100.0 cm³/mol. The van der Waals surface area contributed by atoms with E-state index in [1.54, 1.807) is 24.3 Å². The van der Waals surface area contributed by atoms with Crippen molar-refractivity contribution in [2.45, 2.75) is 42.7 Å². The van der Waals surface area contributed by atoms with Gasteiger partial charge in [-0.3, -0.25) is 0 Å². The molecule has 0 aliphatic heterocycles. The summed E-state index contributed by atoms with van der Waals surface area (Å²) in [6, 6.07) is 14.7. The van der Waals surface area contributed by atoms with Crippen molar-refractivity contribution in [1.29, 1.82) is 0 Å². The van der Waals surface area contributed by atoms with Gasteiger partial charge in [0.05, 0.1) is 4.90 Å². The highest BCUT2D eigenvalue weighted by molar-refractivity contribution is 7.91.